The lowest BCUT2D eigenvalue weighted by Crippen LogP contribution is -2.44. The third-order valence-electron chi connectivity index (χ3n) is 5.94. The molecule has 0 N–H and O–H groups in total. The highest BCUT2D eigenvalue weighted by atomic mass is 16.5. The molecule has 3 aliphatic rings. The highest BCUT2D eigenvalue weighted by Crippen LogP contribution is 2.50. The maximum absolute atomic E-state index is 6.63. The summed E-state index contributed by atoms with van der Waals surface area (Å²) in [4.78, 5) is 0. The zero-order valence-corrected chi connectivity index (χ0v) is 14.1. The number of hydrogen-bond acceptors (Lipinski definition) is 1. The van der Waals surface area contributed by atoms with Crippen LogP contribution in [0.25, 0.3) is 0 Å². The molecule has 1 nitrogen and oxygen atoms in total. The van der Waals surface area contributed by atoms with Crippen LogP contribution in [0.1, 0.15) is 53.4 Å². The molecule has 1 saturated heterocycles. The highest BCUT2D eigenvalue weighted by molar-refractivity contribution is 5.25. The second kappa shape index (κ2) is 5.76. The van der Waals surface area contributed by atoms with Crippen molar-refractivity contribution in [2.24, 2.45) is 23.7 Å². The van der Waals surface area contributed by atoms with Crippen molar-refractivity contribution in [2.75, 3.05) is 0 Å². The first kappa shape index (κ1) is 15.1. The Morgan fingerprint density at radius 2 is 2.14 bits per heavy atom. The fourth-order valence-corrected chi connectivity index (χ4v) is 4.86. The van der Waals surface area contributed by atoms with Crippen molar-refractivity contribution in [3.63, 3.8) is 0 Å². The van der Waals surface area contributed by atoms with Crippen LogP contribution in [0.2, 0.25) is 0 Å². The summed E-state index contributed by atoms with van der Waals surface area (Å²) in [5.41, 5.74) is 4.39. The Bertz CT molecular complexity index is 480. The molecule has 2 fully saturated rings. The number of fused-ring (bicyclic) bond motifs is 3. The summed E-state index contributed by atoms with van der Waals surface area (Å²) in [6.07, 6.45) is 10.3. The molecule has 0 aromatic rings. The number of ether oxygens (including phenoxy) is 1. The monoisotopic (exact) mass is 286 g/mol. The number of rotatable bonds is 1. The van der Waals surface area contributed by atoms with Crippen LogP contribution < -0.4 is 0 Å². The van der Waals surface area contributed by atoms with Crippen molar-refractivity contribution < 1.29 is 4.74 Å². The van der Waals surface area contributed by atoms with Gasteiger partial charge in [-0.05, 0) is 64.2 Å². The Morgan fingerprint density at radius 3 is 2.86 bits per heavy atom. The molecule has 0 radical (unpaired) electrons. The van der Waals surface area contributed by atoms with E-state index in [9.17, 15) is 0 Å². The molecule has 21 heavy (non-hydrogen) atoms. The molecule has 0 aromatic carbocycles. The highest BCUT2D eigenvalue weighted by Gasteiger charge is 2.46. The fourth-order valence-electron chi connectivity index (χ4n) is 4.86. The van der Waals surface area contributed by atoms with Crippen molar-refractivity contribution in [1.82, 2.24) is 0 Å². The van der Waals surface area contributed by atoms with E-state index in [2.05, 4.69) is 46.4 Å². The Labute approximate surface area is 130 Å². The average Bonchev–Trinajstić information content (AvgIpc) is 2.71. The van der Waals surface area contributed by atoms with E-state index in [4.69, 9.17) is 4.74 Å². The van der Waals surface area contributed by atoms with Crippen molar-refractivity contribution in [1.29, 1.82) is 0 Å². The third kappa shape index (κ3) is 2.77. The van der Waals surface area contributed by atoms with Crippen molar-refractivity contribution in [3.05, 3.63) is 35.5 Å². The van der Waals surface area contributed by atoms with Crippen molar-refractivity contribution in [2.45, 2.75) is 65.6 Å². The van der Waals surface area contributed by atoms with E-state index in [1.807, 2.05) is 0 Å². The van der Waals surface area contributed by atoms with Crippen LogP contribution in [0, 0.1) is 23.7 Å². The van der Waals surface area contributed by atoms with Crippen molar-refractivity contribution in [3.8, 4) is 0 Å². The number of allylic oxidation sites excluding steroid dienone is 3. The summed E-state index contributed by atoms with van der Waals surface area (Å²) in [7, 11) is 0. The van der Waals surface area contributed by atoms with E-state index >= 15 is 0 Å². The molecule has 0 spiro atoms. The first-order chi connectivity index (χ1) is 9.97. The first-order valence-corrected chi connectivity index (χ1v) is 8.62. The van der Waals surface area contributed by atoms with Gasteiger partial charge in [0.05, 0.1) is 12.2 Å². The summed E-state index contributed by atoms with van der Waals surface area (Å²) in [5.74, 6) is 2.68. The molecule has 3 rings (SSSR count). The minimum atomic E-state index is 0.312. The Kier molecular flexibility index (Phi) is 4.14. The molecule has 0 bridgehead atoms. The van der Waals surface area contributed by atoms with Gasteiger partial charge in [0.2, 0.25) is 0 Å². The SMILES string of the molecule is C=C1CCC2C(C)CC(C=C(C)C)OC2C2C(C)=CCC12. The van der Waals surface area contributed by atoms with Crippen LogP contribution in [0.3, 0.4) is 0 Å². The van der Waals surface area contributed by atoms with Crippen LogP contribution >= 0.6 is 0 Å². The van der Waals surface area contributed by atoms with E-state index in [-0.39, 0.29) is 0 Å². The molecule has 1 heteroatoms. The minimum absolute atomic E-state index is 0.312. The van der Waals surface area contributed by atoms with Gasteiger partial charge in [0.1, 0.15) is 0 Å². The van der Waals surface area contributed by atoms with Crippen molar-refractivity contribution >= 4 is 0 Å². The third-order valence-corrected chi connectivity index (χ3v) is 5.94. The lowest BCUT2D eigenvalue weighted by Gasteiger charge is -2.43. The zero-order valence-electron chi connectivity index (χ0n) is 14.1. The van der Waals surface area contributed by atoms with Gasteiger partial charge in [-0.25, -0.2) is 0 Å². The standard InChI is InChI=1S/C20H30O/c1-12(2)10-16-11-15(5)18-9-6-13(3)17-8-7-14(4)19(17)20(18)21-16/h7,10,15-20H,3,6,8-9,11H2,1-2,4-5H3. The van der Waals surface area contributed by atoms with E-state index in [0.29, 0.717) is 30.0 Å². The molecule has 116 valence electrons. The van der Waals surface area contributed by atoms with Gasteiger partial charge in [0.25, 0.3) is 0 Å². The van der Waals surface area contributed by atoms with Crippen LogP contribution in [0.4, 0.5) is 0 Å². The van der Waals surface area contributed by atoms with E-state index in [0.717, 1.165) is 5.92 Å². The molecule has 6 unspecified atom stereocenters. The Balaban J connectivity index is 1.91. The summed E-state index contributed by atoms with van der Waals surface area (Å²) < 4.78 is 6.63. The van der Waals surface area contributed by atoms with Gasteiger partial charge in [0.15, 0.2) is 0 Å². The maximum atomic E-state index is 6.63. The van der Waals surface area contributed by atoms with Crippen LogP contribution in [-0.2, 0) is 4.74 Å². The van der Waals surface area contributed by atoms with Gasteiger partial charge in [-0.15, -0.1) is 0 Å². The smallest absolute Gasteiger partial charge is 0.0765 e. The summed E-state index contributed by atoms with van der Waals surface area (Å²) in [6.45, 7) is 13.5. The molecule has 0 aromatic heterocycles. The minimum Gasteiger partial charge on any atom is -0.370 e. The van der Waals surface area contributed by atoms with Crippen LogP contribution in [-0.4, -0.2) is 12.2 Å². The molecular weight excluding hydrogens is 256 g/mol. The van der Waals surface area contributed by atoms with Gasteiger partial charge in [-0.2, -0.15) is 0 Å². The predicted octanol–water partition coefficient (Wildman–Crippen LogP) is 5.29. The second-order valence-electron chi connectivity index (χ2n) is 7.77. The predicted molar refractivity (Wildman–Crippen MR) is 89.1 cm³/mol. The van der Waals surface area contributed by atoms with Gasteiger partial charge >= 0.3 is 0 Å². The Hall–Kier alpha value is -0.820. The average molecular weight is 286 g/mol. The largest absolute Gasteiger partial charge is 0.370 e. The normalized spacial score (nSPS) is 42.7. The summed E-state index contributed by atoms with van der Waals surface area (Å²) in [5, 5.41) is 0. The summed E-state index contributed by atoms with van der Waals surface area (Å²) in [6, 6.07) is 0. The second-order valence-corrected chi connectivity index (χ2v) is 7.77. The molecule has 1 aliphatic heterocycles. The quantitative estimate of drug-likeness (QED) is 0.595. The van der Waals surface area contributed by atoms with Gasteiger partial charge < -0.3 is 4.74 Å². The molecule has 1 heterocycles. The molecule has 2 aliphatic carbocycles. The molecule has 6 atom stereocenters. The molecular formula is C20H30O. The molecule has 0 amide bonds. The van der Waals surface area contributed by atoms with Gasteiger partial charge in [0, 0.05) is 5.92 Å². The van der Waals surface area contributed by atoms with E-state index in [1.165, 1.54) is 36.8 Å². The number of hydrogen-bond donors (Lipinski definition) is 0. The molecule has 1 saturated carbocycles. The van der Waals surface area contributed by atoms with E-state index < -0.39 is 0 Å². The Morgan fingerprint density at radius 1 is 1.38 bits per heavy atom. The fraction of sp³-hybridized carbons (Fsp3) is 0.700. The van der Waals surface area contributed by atoms with Gasteiger partial charge in [-0.3, -0.25) is 0 Å². The lowest BCUT2D eigenvalue weighted by molar-refractivity contribution is -0.109. The zero-order chi connectivity index (χ0) is 15.1. The lowest BCUT2D eigenvalue weighted by atomic mass is 9.74. The summed E-state index contributed by atoms with van der Waals surface area (Å²) >= 11 is 0. The first-order valence-electron chi connectivity index (χ1n) is 8.62. The van der Waals surface area contributed by atoms with Gasteiger partial charge in [-0.1, -0.05) is 42.4 Å². The topological polar surface area (TPSA) is 9.23 Å². The maximum Gasteiger partial charge on any atom is 0.0765 e. The van der Waals surface area contributed by atoms with Crippen LogP contribution in [0.5, 0.6) is 0 Å². The van der Waals surface area contributed by atoms with E-state index in [1.54, 1.807) is 5.57 Å². The van der Waals surface area contributed by atoms with Crippen LogP contribution in [0.15, 0.2) is 35.5 Å².